The van der Waals surface area contributed by atoms with E-state index < -0.39 is 0 Å². The second-order valence-corrected chi connectivity index (χ2v) is 14.4. The maximum Gasteiger partial charge on any atom is 0.316 e. The third kappa shape index (κ3) is 31.6. The third-order valence-corrected chi connectivity index (χ3v) is 9.96. The molecule has 0 radical (unpaired) electrons. The highest BCUT2D eigenvalue weighted by molar-refractivity contribution is 5.86. The standard InChI is InChI=1S/C44H80O4/c1-4-7-9-10-11-12-13-14-15-19-22-25-28-31-35-39-43(46)48-44(47)42(41(6-3)37-33-8-5-2)38-34-30-27-24-21-18-16-17-20-23-26-29-32-36-40-45/h11-12,14-15,40-42H,4-10,13,16-39H2,1-3H3. The van der Waals surface area contributed by atoms with Crippen LogP contribution >= 0.6 is 0 Å². The quantitative estimate of drug-likeness (QED) is 0.0217. The lowest BCUT2D eigenvalue weighted by atomic mass is 9.82. The fourth-order valence-electron chi connectivity index (χ4n) is 6.75. The van der Waals surface area contributed by atoms with Gasteiger partial charge < -0.3 is 9.53 Å². The number of esters is 2. The summed E-state index contributed by atoms with van der Waals surface area (Å²) < 4.78 is 5.49. The van der Waals surface area contributed by atoms with Crippen LogP contribution in [0.15, 0.2) is 24.3 Å². The highest BCUT2D eigenvalue weighted by Gasteiger charge is 2.29. The van der Waals surface area contributed by atoms with E-state index in [0.29, 0.717) is 12.3 Å². The van der Waals surface area contributed by atoms with Crippen LogP contribution in [0, 0.1) is 11.8 Å². The summed E-state index contributed by atoms with van der Waals surface area (Å²) >= 11 is 0. The number of hydrogen-bond acceptors (Lipinski definition) is 4. The molecule has 2 atom stereocenters. The van der Waals surface area contributed by atoms with Gasteiger partial charge in [0.2, 0.25) is 0 Å². The van der Waals surface area contributed by atoms with Gasteiger partial charge in [0.15, 0.2) is 0 Å². The van der Waals surface area contributed by atoms with Gasteiger partial charge in [0.05, 0.1) is 5.92 Å². The minimum absolute atomic E-state index is 0.140. The number of hydrogen-bond donors (Lipinski definition) is 0. The molecule has 0 aromatic rings. The lowest BCUT2D eigenvalue weighted by Gasteiger charge is -2.24. The van der Waals surface area contributed by atoms with Crippen molar-refractivity contribution >= 4 is 18.2 Å². The van der Waals surface area contributed by atoms with Crippen molar-refractivity contribution in [2.24, 2.45) is 11.8 Å². The minimum Gasteiger partial charge on any atom is -0.393 e. The van der Waals surface area contributed by atoms with Gasteiger partial charge >= 0.3 is 11.9 Å². The first-order valence-electron chi connectivity index (χ1n) is 21.1. The van der Waals surface area contributed by atoms with E-state index in [1.165, 1.54) is 116 Å². The monoisotopic (exact) mass is 673 g/mol. The van der Waals surface area contributed by atoms with Crippen LogP contribution in [0.4, 0.5) is 0 Å². The zero-order valence-electron chi connectivity index (χ0n) is 32.3. The highest BCUT2D eigenvalue weighted by Crippen LogP contribution is 2.29. The van der Waals surface area contributed by atoms with Crippen molar-refractivity contribution in [3.8, 4) is 0 Å². The number of carbonyl (C=O) groups excluding carboxylic acids is 3. The fraction of sp³-hybridized carbons (Fsp3) is 0.841. The predicted molar refractivity (Wildman–Crippen MR) is 207 cm³/mol. The second kappa shape index (κ2) is 38.1. The topological polar surface area (TPSA) is 60.4 Å². The van der Waals surface area contributed by atoms with E-state index in [1.54, 1.807) is 0 Å². The zero-order valence-corrected chi connectivity index (χ0v) is 32.3. The molecule has 2 unspecified atom stereocenters. The molecular formula is C44H80O4. The molecule has 0 amide bonds. The Kier molecular flexibility index (Phi) is 36.7. The van der Waals surface area contributed by atoms with Crippen molar-refractivity contribution in [1.82, 2.24) is 0 Å². The molecule has 0 fully saturated rings. The summed E-state index contributed by atoms with van der Waals surface area (Å²) in [4.78, 5) is 36.2. The van der Waals surface area contributed by atoms with Gasteiger partial charge in [0.25, 0.3) is 0 Å². The Morgan fingerprint density at radius 3 is 1.46 bits per heavy atom. The average molecular weight is 673 g/mol. The third-order valence-electron chi connectivity index (χ3n) is 9.96. The summed E-state index contributed by atoms with van der Waals surface area (Å²) in [6, 6.07) is 0. The van der Waals surface area contributed by atoms with Gasteiger partial charge in [-0.25, -0.2) is 0 Å². The van der Waals surface area contributed by atoms with Gasteiger partial charge in [-0.3, -0.25) is 9.59 Å². The van der Waals surface area contributed by atoms with Crippen LogP contribution in [0.5, 0.6) is 0 Å². The molecule has 0 aliphatic heterocycles. The molecule has 0 aliphatic rings. The predicted octanol–water partition coefficient (Wildman–Crippen LogP) is 14.1. The molecule has 0 aromatic heterocycles. The molecule has 0 rings (SSSR count). The van der Waals surface area contributed by atoms with Gasteiger partial charge in [-0.15, -0.1) is 0 Å². The number of aldehydes is 1. The minimum atomic E-state index is -0.322. The molecule has 0 spiro atoms. The van der Waals surface area contributed by atoms with Crippen LogP contribution in [0.2, 0.25) is 0 Å². The fourth-order valence-corrected chi connectivity index (χ4v) is 6.75. The Hall–Kier alpha value is -1.71. The first-order chi connectivity index (χ1) is 23.6. The van der Waals surface area contributed by atoms with Crippen molar-refractivity contribution in [3.05, 3.63) is 24.3 Å². The molecule has 4 nitrogen and oxygen atoms in total. The largest absolute Gasteiger partial charge is 0.393 e. The van der Waals surface area contributed by atoms with E-state index in [9.17, 15) is 14.4 Å². The van der Waals surface area contributed by atoms with Gasteiger partial charge in [-0.2, -0.15) is 0 Å². The summed E-state index contributed by atoms with van der Waals surface area (Å²) in [6.07, 6.45) is 46.5. The van der Waals surface area contributed by atoms with Crippen LogP contribution in [-0.2, 0) is 19.1 Å². The van der Waals surface area contributed by atoms with Gasteiger partial charge in [0, 0.05) is 12.8 Å². The molecule has 48 heavy (non-hydrogen) atoms. The lowest BCUT2D eigenvalue weighted by molar-refractivity contribution is -0.164. The number of ether oxygens (including phenoxy) is 1. The summed E-state index contributed by atoms with van der Waals surface area (Å²) in [5, 5.41) is 0. The zero-order chi connectivity index (χ0) is 35.2. The number of unbranched alkanes of at least 4 members (excludes halogenated alkanes) is 23. The van der Waals surface area contributed by atoms with Crippen LogP contribution in [-0.4, -0.2) is 18.2 Å². The molecule has 0 saturated heterocycles. The number of rotatable bonds is 37. The Morgan fingerprint density at radius 2 is 0.938 bits per heavy atom. The van der Waals surface area contributed by atoms with Crippen LogP contribution in [0.25, 0.3) is 0 Å². The molecule has 0 N–H and O–H groups in total. The molecule has 280 valence electrons. The van der Waals surface area contributed by atoms with Gasteiger partial charge in [-0.1, -0.05) is 180 Å². The van der Waals surface area contributed by atoms with E-state index in [0.717, 1.165) is 89.8 Å². The first kappa shape index (κ1) is 46.3. The maximum atomic E-state index is 13.3. The molecule has 0 aromatic carbocycles. The second-order valence-electron chi connectivity index (χ2n) is 14.4. The average Bonchev–Trinajstić information content (AvgIpc) is 3.08. The SMILES string of the molecule is CCCCCC=CCC=CCCCCCCCC(=O)OC(=O)C(CCCCCCCCCCCCCCCC=O)C(CC)CCCCC. The van der Waals surface area contributed by atoms with E-state index in [1.807, 2.05) is 0 Å². The van der Waals surface area contributed by atoms with Crippen molar-refractivity contribution in [3.63, 3.8) is 0 Å². The Labute approximate surface area is 299 Å². The molecule has 0 saturated carbocycles. The Bertz CT molecular complexity index is 770. The number of carbonyl (C=O) groups is 3. The number of allylic oxidation sites excluding steroid dienone is 4. The maximum absolute atomic E-state index is 13.3. The lowest BCUT2D eigenvalue weighted by Crippen LogP contribution is -2.28. The van der Waals surface area contributed by atoms with E-state index in [2.05, 4.69) is 45.1 Å². The highest BCUT2D eigenvalue weighted by atomic mass is 16.6. The molecule has 0 heterocycles. The van der Waals surface area contributed by atoms with Gasteiger partial charge in [0.1, 0.15) is 6.29 Å². The van der Waals surface area contributed by atoms with Gasteiger partial charge in [-0.05, 0) is 63.7 Å². The molecule has 4 heteroatoms. The smallest absolute Gasteiger partial charge is 0.316 e. The van der Waals surface area contributed by atoms with Crippen molar-refractivity contribution < 1.29 is 19.1 Å². The molecular weight excluding hydrogens is 592 g/mol. The van der Waals surface area contributed by atoms with Crippen molar-refractivity contribution in [2.75, 3.05) is 0 Å². The summed E-state index contributed by atoms with van der Waals surface area (Å²) in [5.41, 5.74) is 0. The van der Waals surface area contributed by atoms with Crippen LogP contribution < -0.4 is 0 Å². The Morgan fingerprint density at radius 1 is 0.500 bits per heavy atom. The molecule has 0 aliphatic carbocycles. The Balaban J connectivity index is 4.20. The first-order valence-corrected chi connectivity index (χ1v) is 21.1. The van der Waals surface area contributed by atoms with Crippen LogP contribution in [0.3, 0.4) is 0 Å². The van der Waals surface area contributed by atoms with E-state index in [4.69, 9.17) is 4.74 Å². The van der Waals surface area contributed by atoms with Crippen molar-refractivity contribution in [2.45, 2.75) is 226 Å². The summed E-state index contributed by atoms with van der Waals surface area (Å²) in [7, 11) is 0. The summed E-state index contributed by atoms with van der Waals surface area (Å²) in [6.45, 7) is 6.65. The van der Waals surface area contributed by atoms with Crippen LogP contribution in [0.1, 0.15) is 226 Å². The van der Waals surface area contributed by atoms with E-state index in [-0.39, 0.29) is 17.9 Å². The van der Waals surface area contributed by atoms with E-state index >= 15 is 0 Å². The molecule has 0 bridgehead atoms. The van der Waals surface area contributed by atoms with Crippen molar-refractivity contribution in [1.29, 1.82) is 0 Å². The normalized spacial score (nSPS) is 13.0. The summed E-state index contributed by atoms with van der Waals surface area (Å²) in [5.74, 6) is -0.400.